The van der Waals surface area contributed by atoms with Crippen molar-refractivity contribution in [3.8, 4) is 0 Å². The summed E-state index contributed by atoms with van der Waals surface area (Å²) in [6.07, 6.45) is 10.8. The Hall–Kier alpha value is -0.610. The number of hydrogen-bond acceptors (Lipinski definition) is 3. The number of carbonyl (C=O) groups is 1. The molecule has 1 atom stereocenters. The van der Waals surface area contributed by atoms with Crippen LogP contribution in [0, 0.1) is 0 Å². The highest BCUT2D eigenvalue weighted by atomic mass is 16.5. The summed E-state index contributed by atoms with van der Waals surface area (Å²) in [5.74, 6) is -0.966. The second kappa shape index (κ2) is 13.8. The van der Waals surface area contributed by atoms with Crippen molar-refractivity contribution < 1.29 is 19.5 Å². The standard InChI is InChI=1S/C19H39NO3/c1-5-8-9-10-11-12-13-14-16-23-17-15-19(4,18(21)22)20(6-2)7-3/h5-17H2,1-4H3,(H,21,22). The van der Waals surface area contributed by atoms with Gasteiger partial charge in [0.05, 0.1) is 19.7 Å². The first-order chi connectivity index (χ1) is 11.0. The Morgan fingerprint density at radius 1 is 0.913 bits per heavy atom. The Morgan fingerprint density at radius 2 is 1.43 bits per heavy atom. The molecule has 0 saturated heterocycles. The van der Waals surface area contributed by atoms with Gasteiger partial charge < -0.3 is 19.5 Å². The summed E-state index contributed by atoms with van der Waals surface area (Å²) in [5, 5.41) is 11.5. The molecule has 0 heterocycles. The molecule has 138 valence electrons. The van der Waals surface area contributed by atoms with E-state index < -0.39 is 11.5 Å². The van der Waals surface area contributed by atoms with Crippen LogP contribution in [0.4, 0.5) is 0 Å². The third kappa shape index (κ3) is 9.31. The van der Waals surface area contributed by atoms with Crippen LogP contribution in [-0.2, 0) is 9.53 Å². The van der Waals surface area contributed by atoms with Gasteiger partial charge in [0.15, 0.2) is 0 Å². The molecule has 4 nitrogen and oxygen atoms in total. The van der Waals surface area contributed by atoms with Gasteiger partial charge in [-0.1, -0.05) is 51.9 Å². The Kier molecular flexibility index (Phi) is 13.4. The molecule has 1 N–H and O–H groups in total. The number of quaternary nitrogens is 1. The minimum absolute atomic E-state index is 0.504. The minimum atomic E-state index is -0.966. The molecule has 4 heteroatoms. The summed E-state index contributed by atoms with van der Waals surface area (Å²) in [4.78, 5) is 12.6. The van der Waals surface area contributed by atoms with E-state index in [1.54, 1.807) is 6.92 Å². The van der Waals surface area contributed by atoms with E-state index in [-0.39, 0.29) is 0 Å². The van der Waals surface area contributed by atoms with Crippen molar-refractivity contribution in [2.24, 2.45) is 0 Å². The van der Waals surface area contributed by atoms with Gasteiger partial charge in [-0.05, 0) is 27.2 Å². The van der Waals surface area contributed by atoms with E-state index >= 15 is 0 Å². The zero-order chi connectivity index (χ0) is 17.6. The lowest BCUT2D eigenvalue weighted by molar-refractivity contribution is -0.940. The number of hydrogen-bond donors (Lipinski definition) is 1. The smallest absolute Gasteiger partial charge is 0.137 e. The van der Waals surface area contributed by atoms with E-state index in [2.05, 4.69) is 6.92 Å². The van der Waals surface area contributed by atoms with Crippen LogP contribution in [0.15, 0.2) is 0 Å². The predicted molar refractivity (Wildman–Crippen MR) is 93.5 cm³/mol. The molecule has 0 bridgehead atoms. The number of carboxylic acid groups (broad SMARTS) is 1. The van der Waals surface area contributed by atoms with E-state index in [1.165, 1.54) is 44.9 Å². The lowest BCUT2D eigenvalue weighted by Crippen LogP contribution is -3.21. The normalized spacial score (nSPS) is 14.1. The van der Waals surface area contributed by atoms with Crippen LogP contribution >= 0.6 is 0 Å². The maximum Gasteiger partial charge on any atom is 0.137 e. The summed E-state index contributed by atoms with van der Waals surface area (Å²) in [5.41, 5.74) is -0.844. The molecule has 0 aliphatic carbocycles. The van der Waals surface area contributed by atoms with Crippen molar-refractivity contribution in [1.82, 2.24) is 0 Å². The van der Waals surface area contributed by atoms with Crippen LogP contribution in [0.25, 0.3) is 0 Å². The zero-order valence-corrected chi connectivity index (χ0v) is 15.9. The molecule has 0 aromatic carbocycles. The summed E-state index contributed by atoms with van der Waals surface area (Å²) < 4.78 is 5.66. The fraction of sp³-hybridized carbons (Fsp3) is 0.947. The highest BCUT2D eigenvalue weighted by molar-refractivity contribution is 5.74. The molecular formula is C19H39NO3. The maximum absolute atomic E-state index is 11.5. The van der Waals surface area contributed by atoms with Crippen molar-refractivity contribution in [3.63, 3.8) is 0 Å². The van der Waals surface area contributed by atoms with Gasteiger partial charge in [-0.3, -0.25) is 0 Å². The lowest BCUT2D eigenvalue weighted by Gasteiger charge is -2.37. The van der Waals surface area contributed by atoms with Gasteiger partial charge in [-0.25, -0.2) is 0 Å². The fourth-order valence-electron chi connectivity index (χ4n) is 3.17. The van der Waals surface area contributed by atoms with Crippen LogP contribution in [0.1, 0.15) is 85.5 Å². The van der Waals surface area contributed by atoms with Gasteiger partial charge in [0.25, 0.3) is 0 Å². The average Bonchev–Trinajstić information content (AvgIpc) is 2.53. The Balaban J connectivity index is 3.74. The third-order valence-corrected chi connectivity index (χ3v) is 4.97. The minimum Gasteiger partial charge on any atom is -0.544 e. The van der Waals surface area contributed by atoms with Crippen molar-refractivity contribution in [1.29, 1.82) is 0 Å². The van der Waals surface area contributed by atoms with Crippen molar-refractivity contribution in [2.45, 2.75) is 91.0 Å². The Labute approximate surface area is 143 Å². The molecule has 0 aromatic heterocycles. The van der Waals surface area contributed by atoms with Crippen LogP contribution in [0.2, 0.25) is 0 Å². The summed E-state index contributed by atoms with van der Waals surface area (Å²) in [7, 11) is 0. The topological polar surface area (TPSA) is 53.8 Å². The number of carboxylic acids is 1. The summed E-state index contributed by atoms with van der Waals surface area (Å²) in [6, 6.07) is 0. The first-order valence-electron chi connectivity index (χ1n) is 9.67. The number of aliphatic carboxylic acids is 1. The third-order valence-electron chi connectivity index (χ3n) is 4.97. The number of carbonyl (C=O) groups excluding carboxylic acids is 1. The van der Waals surface area contributed by atoms with Crippen LogP contribution in [0.5, 0.6) is 0 Å². The van der Waals surface area contributed by atoms with Crippen molar-refractivity contribution in [3.05, 3.63) is 0 Å². The molecule has 0 radical (unpaired) electrons. The molecule has 0 aliphatic rings. The molecular weight excluding hydrogens is 290 g/mol. The largest absolute Gasteiger partial charge is 0.544 e. The molecule has 0 aliphatic heterocycles. The molecule has 0 rings (SSSR count). The molecule has 0 fully saturated rings. The number of likely N-dealkylation sites (N-methyl/N-ethyl adjacent to an activating group) is 1. The fourth-order valence-corrected chi connectivity index (χ4v) is 3.17. The first-order valence-corrected chi connectivity index (χ1v) is 9.67. The van der Waals surface area contributed by atoms with Gasteiger partial charge in [-0.2, -0.15) is 0 Å². The molecule has 0 spiro atoms. The van der Waals surface area contributed by atoms with Crippen LogP contribution < -0.4 is 10.0 Å². The monoisotopic (exact) mass is 329 g/mol. The number of unbranched alkanes of at least 4 members (excludes halogenated alkanes) is 7. The number of ether oxygens (including phenoxy) is 1. The molecule has 0 aromatic rings. The Bertz CT molecular complexity index is 292. The molecule has 23 heavy (non-hydrogen) atoms. The van der Waals surface area contributed by atoms with E-state index in [0.29, 0.717) is 13.0 Å². The second-order valence-electron chi connectivity index (χ2n) is 6.77. The van der Waals surface area contributed by atoms with Gasteiger partial charge in [0.2, 0.25) is 0 Å². The summed E-state index contributed by atoms with van der Waals surface area (Å²) in [6.45, 7) is 10.9. The SMILES string of the molecule is CCCCCCCCCCOCCC(C)(C(=O)[O-])[NH+](CC)CC. The van der Waals surface area contributed by atoms with Gasteiger partial charge in [0, 0.05) is 13.0 Å². The number of nitrogens with one attached hydrogen (secondary N) is 1. The number of rotatable bonds is 16. The highest BCUT2D eigenvalue weighted by Crippen LogP contribution is 2.09. The first kappa shape index (κ1) is 22.4. The van der Waals surface area contributed by atoms with E-state index in [4.69, 9.17) is 4.74 Å². The molecule has 0 amide bonds. The van der Waals surface area contributed by atoms with Crippen molar-refractivity contribution in [2.75, 3.05) is 26.3 Å². The van der Waals surface area contributed by atoms with E-state index in [9.17, 15) is 9.90 Å². The van der Waals surface area contributed by atoms with Crippen molar-refractivity contribution >= 4 is 5.97 Å². The maximum atomic E-state index is 11.5. The zero-order valence-electron chi connectivity index (χ0n) is 15.9. The molecule has 0 saturated carbocycles. The highest BCUT2D eigenvalue weighted by Gasteiger charge is 2.35. The molecule has 1 unspecified atom stereocenters. The van der Waals surface area contributed by atoms with Gasteiger partial charge in [-0.15, -0.1) is 0 Å². The van der Waals surface area contributed by atoms with Gasteiger partial charge in [0.1, 0.15) is 11.5 Å². The van der Waals surface area contributed by atoms with Crippen LogP contribution in [-0.4, -0.2) is 37.8 Å². The Morgan fingerprint density at radius 3 is 1.91 bits per heavy atom. The quantitative estimate of drug-likeness (QED) is 0.441. The lowest BCUT2D eigenvalue weighted by atomic mass is 9.96. The predicted octanol–water partition coefficient (Wildman–Crippen LogP) is 1.97. The second-order valence-corrected chi connectivity index (χ2v) is 6.77. The average molecular weight is 330 g/mol. The van der Waals surface area contributed by atoms with Gasteiger partial charge >= 0.3 is 0 Å². The summed E-state index contributed by atoms with van der Waals surface area (Å²) >= 11 is 0. The van der Waals surface area contributed by atoms with E-state index in [1.807, 2.05) is 13.8 Å². The van der Waals surface area contributed by atoms with Crippen LogP contribution in [0.3, 0.4) is 0 Å². The van der Waals surface area contributed by atoms with E-state index in [0.717, 1.165) is 31.0 Å².